The molecule has 3 atom stereocenters. The van der Waals surface area contributed by atoms with Gasteiger partial charge < -0.3 is 4.74 Å². The highest BCUT2D eigenvalue weighted by Gasteiger charge is 2.30. The molecular weight excluding hydrogens is 238 g/mol. The average Bonchev–Trinajstić information content (AvgIpc) is 2.52. The molecule has 1 aliphatic rings. The van der Waals surface area contributed by atoms with Crippen LogP contribution in [0.4, 0.5) is 0 Å². The van der Waals surface area contributed by atoms with Crippen molar-refractivity contribution in [3.8, 4) is 6.07 Å². The summed E-state index contributed by atoms with van der Waals surface area (Å²) in [6.45, 7) is 13.4. The van der Waals surface area contributed by atoms with Gasteiger partial charge in [0.1, 0.15) is 5.54 Å². The van der Waals surface area contributed by atoms with Gasteiger partial charge in [-0.2, -0.15) is 5.26 Å². The maximum atomic E-state index is 9.43. The second kappa shape index (κ2) is 7.23. The molecule has 0 aromatic carbocycles. The molecule has 0 amide bonds. The van der Waals surface area contributed by atoms with Gasteiger partial charge in [-0.15, -0.1) is 0 Å². The molecule has 0 spiro atoms. The van der Waals surface area contributed by atoms with Crippen molar-refractivity contribution in [1.29, 1.82) is 5.26 Å². The van der Waals surface area contributed by atoms with E-state index in [1.807, 2.05) is 6.92 Å². The van der Waals surface area contributed by atoms with Crippen LogP contribution in [0, 0.1) is 11.3 Å². The Bertz CT molecular complexity index is 313. The van der Waals surface area contributed by atoms with Gasteiger partial charge in [0.2, 0.25) is 0 Å². The van der Waals surface area contributed by atoms with E-state index in [9.17, 15) is 5.26 Å². The van der Waals surface area contributed by atoms with Crippen LogP contribution in [0.2, 0.25) is 0 Å². The quantitative estimate of drug-likeness (QED) is 0.829. The first-order chi connectivity index (χ1) is 8.86. The molecule has 0 aliphatic carbocycles. The summed E-state index contributed by atoms with van der Waals surface area (Å²) in [5.41, 5.74) is -0.454. The van der Waals surface area contributed by atoms with E-state index in [2.05, 4.69) is 44.0 Å². The van der Waals surface area contributed by atoms with Crippen LogP contribution < -0.4 is 5.32 Å². The van der Waals surface area contributed by atoms with Crippen molar-refractivity contribution >= 4 is 0 Å². The van der Waals surface area contributed by atoms with Gasteiger partial charge in [-0.05, 0) is 47.5 Å². The van der Waals surface area contributed by atoms with Crippen molar-refractivity contribution < 1.29 is 4.74 Å². The van der Waals surface area contributed by atoms with E-state index in [1.165, 1.54) is 0 Å². The molecule has 1 fully saturated rings. The van der Waals surface area contributed by atoms with Gasteiger partial charge in [-0.25, -0.2) is 0 Å². The summed E-state index contributed by atoms with van der Waals surface area (Å²) in [5, 5.41) is 12.8. The molecule has 1 saturated heterocycles. The zero-order chi connectivity index (χ0) is 14.5. The minimum atomic E-state index is -0.454. The Morgan fingerprint density at radius 3 is 2.74 bits per heavy atom. The van der Waals surface area contributed by atoms with Gasteiger partial charge >= 0.3 is 0 Å². The summed E-state index contributed by atoms with van der Waals surface area (Å²) in [6, 6.07) is 3.15. The fourth-order valence-corrected chi connectivity index (χ4v) is 2.92. The highest BCUT2D eigenvalue weighted by atomic mass is 16.5. The zero-order valence-corrected chi connectivity index (χ0v) is 13.1. The molecular formula is C15H29N3O. The summed E-state index contributed by atoms with van der Waals surface area (Å²) >= 11 is 0. The maximum Gasteiger partial charge on any atom is 0.105 e. The first-order valence-corrected chi connectivity index (χ1v) is 7.41. The van der Waals surface area contributed by atoms with Crippen molar-refractivity contribution in [2.24, 2.45) is 0 Å². The lowest BCUT2D eigenvalue weighted by Gasteiger charge is -2.35. The summed E-state index contributed by atoms with van der Waals surface area (Å²) in [6.07, 6.45) is 2.21. The maximum absolute atomic E-state index is 9.43. The summed E-state index contributed by atoms with van der Waals surface area (Å²) < 4.78 is 5.68. The Balaban J connectivity index is 2.61. The van der Waals surface area contributed by atoms with Crippen molar-refractivity contribution in [3.05, 3.63) is 0 Å². The molecule has 0 aromatic heterocycles. The number of rotatable bonds is 5. The second-order valence-corrected chi connectivity index (χ2v) is 6.33. The molecule has 3 unspecified atom stereocenters. The van der Waals surface area contributed by atoms with Gasteiger partial charge in [-0.1, -0.05) is 0 Å². The molecule has 0 aromatic rings. The van der Waals surface area contributed by atoms with E-state index >= 15 is 0 Å². The van der Waals surface area contributed by atoms with Gasteiger partial charge in [0.05, 0.1) is 12.2 Å². The lowest BCUT2D eigenvalue weighted by molar-refractivity contribution is 0.0593. The third-order valence-corrected chi connectivity index (χ3v) is 3.66. The molecule has 4 heteroatoms. The topological polar surface area (TPSA) is 48.3 Å². The monoisotopic (exact) mass is 267 g/mol. The van der Waals surface area contributed by atoms with Gasteiger partial charge in [0.15, 0.2) is 0 Å². The Morgan fingerprint density at radius 1 is 1.47 bits per heavy atom. The standard InChI is InChI=1S/C15H29N3O/c1-12(2)17-15(5,11-16)9-13(3)18-7-6-8-19-14(4)10-18/h12-14,17H,6-10H2,1-5H3. The highest BCUT2D eigenvalue weighted by Crippen LogP contribution is 2.19. The minimum Gasteiger partial charge on any atom is -0.377 e. The van der Waals surface area contributed by atoms with E-state index in [1.54, 1.807) is 0 Å². The molecule has 1 aliphatic heterocycles. The molecule has 1 rings (SSSR count). The van der Waals surface area contributed by atoms with E-state index in [0.29, 0.717) is 12.1 Å². The SMILES string of the molecule is CC(C)NC(C)(C#N)CC(C)N1CCCOC(C)C1. The number of ether oxygens (including phenoxy) is 1. The van der Waals surface area contributed by atoms with Gasteiger partial charge in [-0.3, -0.25) is 10.2 Å². The second-order valence-electron chi connectivity index (χ2n) is 6.33. The molecule has 0 saturated carbocycles. The van der Waals surface area contributed by atoms with Crippen molar-refractivity contribution in [1.82, 2.24) is 10.2 Å². The number of hydrogen-bond donors (Lipinski definition) is 1. The number of nitriles is 1. The van der Waals surface area contributed by atoms with Gasteiger partial charge in [0.25, 0.3) is 0 Å². The van der Waals surface area contributed by atoms with Crippen LogP contribution in [0.1, 0.15) is 47.5 Å². The number of nitrogens with zero attached hydrogens (tertiary/aromatic N) is 2. The van der Waals surface area contributed by atoms with Crippen LogP contribution in [-0.4, -0.2) is 48.3 Å². The summed E-state index contributed by atoms with van der Waals surface area (Å²) in [4.78, 5) is 2.45. The first-order valence-electron chi connectivity index (χ1n) is 7.41. The molecule has 4 nitrogen and oxygen atoms in total. The fraction of sp³-hybridized carbons (Fsp3) is 0.933. The third kappa shape index (κ3) is 5.48. The average molecular weight is 267 g/mol. The van der Waals surface area contributed by atoms with Crippen LogP contribution in [0.15, 0.2) is 0 Å². The normalized spacial score (nSPS) is 26.5. The smallest absolute Gasteiger partial charge is 0.105 e. The first kappa shape index (κ1) is 16.4. The lowest BCUT2D eigenvalue weighted by Crippen LogP contribution is -2.50. The lowest BCUT2D eigenvalue weighted by atomic mass is 9.93. The van der Waals surface area contributed by atoms with Gasteiger partial charge in [0, 0.05) is 31.8 Å². The van der Waals surface area contributed by atoms with Crippen LogP contribution in [0.5, 0.6) is 0 Å². The molecule has 0 bridgehead atoms. The van der Waals surface area contributed by atoms with Crippen molar-refractivity contribution in [2.45, 2.75) is 71.2 Å². The Labute approximate surface area is 118 Å². The van der Waals surface area contributed by atoms with Crippen LogP contribution in [0.25, 0.3) is 0 Å². The Morgan fingerprint density at radius 2 is 2.16 bits per heavy atom. The summed E-state index contributed by atoms with van der Waals surface area (Å²) in [7, 11) is 0. The Kier molecular flexibility index (Phi) is 6.25. The predicted molar refractivity (Wildman–Crippen MR) is 78.0 cm³/mol. The van der Waals surface area contributed by atoms with Crippen molar-refractivity contribution in [2.75, 3.05) is 19.7 Å². The van der Waals surface area contributed by atoms with Crippen LogP contribution in [0.3, 0.4) is 0 Å². The summed E-state index contributed by atoms with van der Waals surface area (Å²) in [5.74, 6) is 0. The van der Waals surface area contributed by atoms with Crippen molar-refractivity contribution in [3.63, 3.8) is 0 Å². The minimum absolute atomic E-state index is 0.288. The van der Waals surface area contributed by atoms with E-state index in [4.69, 9.17) is 4.74 Å². The zero-order valence-electron chi connectivity index (χ0n) is 13.1. The number of hydrogen-bond acceptors (Lipinski definition) is 4. The highest BCUT2D eigenvalue weighted by molar-refractivity contribution is 5.06. The largest absolute Gasteiger partial charge is 0.377 e. The number of nitrogens with one attached hydrogen (secondary N) is 1. The molecule has 110 valence electrons. The van der Waals surface area contributed by atoms with E-state index in [0.717, 1.165) is 32.5 Å². The predicted octanol–water partition coefficient (Wildman–Crippen LogP) is 2.16. The molecule has 1 heterocycles. The molecule has 1 N–H and O–H groups in total. The molecule has 19 heavy (non-hydrogen) atoms. The van der Waals surface area contributed by atoms with E-state index in [-0.39, 0.29) is 6.10 Å². The van der Waals surface area contributed by atoms with Crippen LogP contribution >= 0.6 is 0 Å². The Hall–Kier alpha value is -0.630. The van der Waals surface area contributed by atoms with Crippen LogP contribution in [-0.2, 0) is 4.74 Å². The third-order valence-electron chi connectivity index (χ3n) is 3.66. The molecule has 0 radical (unpaired) electrons. The fourth-order valence-electron chi connectivity index (χ4n) is 2.92. The van der Waals surface area contributed by atoms with E-state index < -0.39 is 5.54 Å².